The lowest BCUT2D eigenvalue weighted by Gasteiger charge is -2.11. The number of hydrogen-bond donors (Lipinski definition) is 3. The third kappa shape index (κ3) is 4.32. The van der Waals surface area contributed by atoms with E-state index >= 15 is 0 Å². The Balaban J connectivity index is 2.25. The number of phenolic OH excluding ortho intramolecular Hbond substituents is 3. The van der Waals surface area contributed by atoms with Crippen molar-refractivity contribution < 1.29 is 28.5 Å². The van der Waals surface area contributed by atoms with Gasteiger partial charge >= 0.3 is 0 Å². The van der Waals surface area contributed by atoms with Gasteiger partial charge in [-0.15, -0.1) is 0 Å². The van der Waals surface area contributed by atoms with Crippen LogP contribution < -0.4 is 0 Å². The molecule has 3 rings (SSSR count). The number of phenols is 3. The first-order chi connectivity index (χ1) is 14.1. The number of aromatic hydroxyl groups is 3. The first-order valence-corrected chi connectivity index (χ1v) is 10.5. The zero-order valence-corrected chi connectivity index (χ0v) is 17.3. The molecular weight excluding hydrogens is 428 g/mol. The number of Topliss-reactive ketones (excluding diaryl/α,β-unsaturated/α-hetero) is 1. The van der Waals surface area contributed by atoms with E-state index in [1.54, 1.807) is 19.1 Å². The van der Waals surface area contributed by atoms with E-state index in [9.17, 15) is 28.5 Å². The number of rotatable bonds is 5. The average Bonchev–Trinajstić information content (AvgIpc) is 2.67. The Bertz CT molecular complexity index is 1220. The van der Waals surface area contributed by atoms with Gasteiger partial charge in [-0.2, -0.15) is 0 Å². The van der Waals surface area contributed by atoms with Crippen molar-refractivity contribution in [3.8, 4) is 17.2 Å². The number of aryl methyl sites for hydroxylation is 1. The van der Waals surface area contributed by atoms with E-state index in [0.717, 1.165) is 23.8 Å². The van der Waals surface area contributed by atoms with Gasteiger partial charge in [0.25, 0.3) is 0 Å². The van der Waals surface area contributed by atoms with Crippen molar-refractivity contribution in [1.82, 2.24) is 0 Å². The van der Waals surface area contributed by atoms with Crippen molar-refractivity contribution in [2.45, 2.75) is 11.8 Å². The Kier molecular flexibility index (Phi) is 5.87. The van der Waals surface area contributed by atoms with Gasteiger partial charge in [-0.3, -0.25) is 4.79 Å². The van der Waals surface area contributed by atoms with Crippen LogP contribution in [0.25, 0.3) is 6.08 Å². The molecule has 0 atom stereocenters. The lowest BCUT2D eigenvalue weighted by Crippen LogP contribution is -2.14. The van der Waals surface area contributed by atoms with Crippen LogP contribution in [-0.4, -0.2) is 29.5 Å². The number of sulfone groups is 1. The Hall–Kier alpha value is -3.29. The maximum atomic E-state index is 13.3. The predicted molar refractivity (Wildman–Crippen MR) is 114 cm³/mol. The Morgan fingerprint density at radius 3 is 1.97 bits per heavy atom. The number of ketones is 1. The summed E-state index contributed by atoms with van der Waals surface area (Å²) in [7, 11) is -4.32. The van der Waals surface area contributed by atoms with E-state index in [0.29, 0.717) is 5.02 Å². The molecule has 0 saturated heterocycles. The summed E-state index contributed by atoms with van der Waals surface area (Å²) < 4.78 is 26.6. The smallest absolute Gasteiger partial charge is 0.210 e. The van der Waals surface area contributed by atoms with Gasteiger partial charge in [0, 0.05) is 22.7 Å². The molecule has 0 radical (unpaired) electrons. The summed E-state index contributed by atoms with van der Waals surface area (Å²) in [5.41, 5.74) is 0.567. The highest BCUT2D eigenvalue weighted by molar-refractivity contribution is 7.96. The van der Waals surface area contributed by atoms with Crippen molar-refractivity contribution in [2.75, 3.05) is 0 Å². The second kappa shape index (κ2) is 8.22. The molecule has 0 aliphatic carbocycles. The molecule has 8 heteroatoms. The second-order valence-electron chi connectivity index (χ2n) is 6.56. The minimum absolute atomic E-state index is 0.0547. The summed E-state index contributed by atoms with van der Waals surface area (Å²) >= 11 is 5.85. The third-order valence-electron chi connectivity index (χ3n) is 4.35. The van der Waals surface area contributed by atoms with E-state index in [-0.39, 0.29) is 16.0 Å². The number of halogens is 1. The van der Waals surface area contributed by atoms with Gasteiger partial charge in [-0.1, -0.05) is 29.3 Å². The topological polar surface area (TPSA) is 112 Å². The van der Waals surface area contributed by atoms with E-state index in [1.165, 1.54) is 36.4 Å². The Morgan fingerprint density at radius 2 is 1.43 bits per heavy atom. The quantitative estimate of drug-likeness (QED) is 0.395. The minimum Gasteiger partial charge on any atom is -0.508 e. The molecule has 3 aromatic rings. The van der Waals surface area contributed by atoms with Crippen LogP contribution in [-0.2, 0) is 9.84 Å². The van der Waals surface area contributed by atoms with Crippen LogP contribution in [0.2, 0.25) is 5.02 Å². The van der Waals surface area contributed by atoms with Gasteiger partial charge in [0.05, 0.1) is 10.5 Å². The lowest BCUT2D eigenvalue weighted by atomic mass is 10.1. The Labute approximate surface area is 178 Å². The van der Waals surface area contributed by atoms with Crippen molar-refractivity contribution >= 4 is 33.3 Å². The molecule has 0 aliphatic heterocycles. The van der Waals surface area contributed by atoms with Gasteiger partial charge in [0.1, 0.15) is 22.2 Å². The summed E-state index contributed by atoms with van der Waals surface area (Å²) in [4.78, 5) is 12.3. The fourth-order valence-electron chi connectivity index (χ4n) is 2.74. The van der Waals surface area contributed by atoms with Crippen molar-refractivity contribution in [1.29, 1.82) is 0 Å². The monoisotopic (exact) mass is 444 g/mol. The molecule has 0 heterocycles. The molecule has 0 saturated carbocycles. The maximum absolute atomic E-state index is 13.3. The van der Waals surface area contributed by atoms with Gasteiger partial charge in [-0.05, 0) is 49.4 Å². The standard InChI is InChI=1S/C22H17ClO6S/c1-13-2-8-17(9-3-13)30(28,29)21(22(27)14-4-6-15(23)7-5-14)12-18-19(25)10-16(24)11-20(18)26/h2-12,24-26H,1H3/b21-12+. The molecule has 3 aromatic carbocycles. The second-order valence-corrected chi connectivity index (χ2v) is 8.91. The third-order valence-corrected chi connectivity index (χ3v) is 6.37. The molecular formula is C22H17ClO6S. The van der Waals surface area contributed by atoms with E-state index in [1.807, 2.05) is 0 Å². The van der Waals surface area contributed by atoms with Gasteiger partial charge in [0.2, 0.25) is 15.6 Å². The van der Waals surface area contributed by atoms with Gasteiger partial charge < -0.3 is 15.3 Å². The molecule has 154 valence electrons. The van der Waals surface area contributed by atoms with Crippen LogP contribution in [0.3, 0.4) is 0 Å². The largest absolute Gasteiger partial charge is 0.508 e. The molecule has 0 unspecified atom stereocenters. The zero-order valence-electron chi connectivity index (χ0n) is 15.7. The fraction of sp³-hybridized carbons (Fsp3) is 0.0455. The summed E-state index contributed by atoms with van der Waals surface area (Å²) in [6, 6.07) is 13.4. The molecule has 3 N–H and O–H groups in total. The number of allylic oxidation sites excluding steroid dienone is 1. The van der Waals surface area contributed by atoms with Crippen LogP contribution in [0.5, 0.6) is 17.2 Å². The summed E-state index contributed by atoms with van der Waals surface area (Å²) in [5.74, 6) is -2.45. The van der Waals surface area contributed by atoms with Crippen LogP contribution in [0, 0.1) is 6.92 Å². The number of carbonyl (C=O) groups is 1. The van der Waals surface area contributed by atoms with E-state index in [4.69, 9.17) is 11.6 Å². The maximum Gasteiger partial charge on any atom is 0.210 e. The van der Waals surface area contributed by atoms with E-state index < -0.39 is 37.8 Å². The van der Waals surface area contributed by atoms with Gasteiger partial charge in [-0.25, -0.2) is 8.42 Å². The van der Waals surface area contributed by atoms with Crippen molar-refractivity contribution in [2.24, 2.45) is 0 Å². The first-order valence-electron chi connectivity index (χ1n) is 8.68. The normalized spacial score (nSPS) is 12.0. The highest BCUT2D eigenvalue weighted by Gasteiger charge is 2.29. The predicted octanol–water partition coefficient (Wildman–Crippen LogP) is 4.46. The SMILES string of the molecule is Cc1ccc(S(=O)(=O)/C(=C/c2c(O)cc(O)cc2O)C(=O)c2ccc(Cl)cc2)cc1. The minimum atomic E-state index is -4.32. The van der Waals surface area contributed by atoms with Crippen molar-refractivity contribution in [3.05, 3.63) is 87.3 Å². The highest BCUT2D eigenvalue weighted by Crippen LogP contribution is 2.36. The average molecular weight is 445 g/mol. The van der Waals surface area contributed by atoms with Crippen LogP contribution in [0.1, 0.15) is 21.5 Å². The number of benzene rings is 3. The number of hydrogen-bond acceptors (Lipinski definition) is 6. The highest BCUT2D eigenvalue weighted by atomic mass is 35.5. The fourth-order valence-corrected chi connectivity index (χ4v) is 4.25. The zero-order chi connectivity index (χ0) is 22.1. The lowest BCUT2D eigenvalue weighted by molar-refractivity contribution is 0.104. The van der Waals surface area contributed by atoms with Crippen LogP contribution in [0.4, 0.5) is 0 Å². The molecule has 0 bridgehead atoms. The molecule has 0 aromatic heterocycles. The van der Waals surface area contributed by atoms with Crippen molar-refractivity contribution in [3.63, 3.8) is 0 Å². The molecule has 0 fully saturated rings. The van der Waals surface area contributed by atoms with E-state index in [2.05, 4.69) is 0 Å². The van der Waals surface area contributed by atoms with Gasteiger partial charge in [0.15, 0.2) is 0 Å². The summed E-state index contributed by atoms with van der Waals surface area (Å²) in [6.45, 7) is 1.79. The Morgan fingerprint density at radius 1 is 0.900 bits per heavy atom. The molecule has 0 aliphatic rings. The van der Waals surface area contributed by atoms with Crippen LogP contribution >= 0.6 is 11.6 Å². The first kappa shape index (κ1) is 21.4. The molecule has 0 spiro atoms. The molecule has 30 heavy (non-hydrogen) atoms. The summed E-state index contributed by atoms with van der Waals surface area (Å²) in [5, 5.41) is 30.0. The summed E-state index contributed by atoms with van der Waals surface area (Å²) in [6.07, 6.45) is 0.885. The molecule has 0 amide bonds. The molecule has 6 nitrogen and oxygen atoms in total. The number of carbonyl (C=O) groups excluding carboxylic acids is 1. The van der Waals surface area contributed by atoms with Crippen LogP contribution in [0.15, 0.2) is 70.5 Å².